The van der Waals surface area contributed by atoms with E-state index in [0.29, 0.717) is 0 Å². The van der Waals surface area contributed by atoms with Crippen LogP contribution in [0.2, 0.25) is 0 Å². The maximum Gasteiger partial charge on any atom is 0.310 e. The number of hydrogen-bond donors (Lipinski definition) is 0. The van der Waals surface area contributed by atoms with Gasteiger partial charge in [-0.1, -0.05) is 11.6 Å². The maximum absolute atomic E-state index is 10.7. The van der Waals surface area contributed by atoms with Crippen LogP contribution in [0.1, 0.15) is 19.8 Å². The molecule has 0 bridgehead atoms. The van der Waals surface area contributed by atoms with Crippen LogP contribution >= 0.6 is 11.6 Å². The molecule has 0 radical (unpaired) electrons. The zero-order valence-electron chi connectivity index (χ0n) is 5.26. The van der Waals surface area contributed by atoms with Gasteiger partial charge in [0.15, 0.2) is 5.56 Å². The molecule has 9 heavy (non-hydrogen) atoms. The van der Waals surface area contributed by atoms with Crippen LogP contribution in [-0.2, 0) is 9.53 Å². The van der Waals surface area contributed by atoms with Gasteiger partial charge < -0.3 is 4.74 Å². The quantitative estimate of drug-likeness (QED) is 0.439. The van der Waals surface area contributed by atoms with Crippen LogP contribution in [0.4, 0.5) is 0 Å². The molecule has 1 atom stereocenters. The molecule has 2 nitrogen and oxygen atoms in total. The Morgan fingerprint density at radius 3 is 2.67 bits per heavy atom. The molecular weight excluding hydrogens is 140 g/mol. The summed E-state index contributed by atoms with van der Waals surface area (Å²) in [4.78, 5) is 10.7. The number of hydrogen-bond acceptors (Lipinski definition) is 2. The van der Waals surface area contributed by atoms with E-state index in [4.69, 9.17) is 16.3 Å². The Kier molecular flexibility index (Phi) is 1.96. The third-order valence-corrected chi connectivity index (χ3v) is 1.28. The standard InChI is InChI=1S/C6H9ClO2/c1-4(7)9-6(8)5-2-3-5/h4-5H,2-3H2,1H3. The smallest absolute Gasteiger partial charge is 0.310 e. The lowest BCUT2D eigenvalue weighted by molar-refractivity contribution is -0.146. The van der Waals surface area contributed by atoms with Crippen molar-refractivity contribution in [1.29, 1.82) is 0 Å². The molecule has 1 aliphatic carbocycles. The molecule has 0 aromatic rings. The average Bonchev–Trinajstić information content (AvgIpc) is 2.40. The lowest BCUT2D eigenvalue weighted by atomic mass is 10.4. The predicted molar refractivity (Wildman–Crippen MR) is 34.1 cm³/mol. The van der Waals surface area contributed by atoms with Crippen LogP contribution in [0.3, 0.4) is 0 Å². The van der Waals surface area contributed by atoms with E-state index in [2.05, 4.69) is 0 Å². The number of esters is 1. The van der Waals surface area contributed by atoms with Gasteiger partial charge in [-0.05, 0) is 19.8 Å². The van der Waals surface area contributed by atoms with Crippen molar-refractivity contribution in [3.63, 3.8) is 0 Å². The van der Waals surface area contributed by atoms with Gasteiger partial charge in [0.05, 0.1) is 5.92 Å². The minimum atomic E-state index is -0.474. The van der Waals surface area contributed by atoms with Crippen LogP contribution in [-0.4, -0.2) is 11.5 Å². The van der Waals surface area contributed by atoms with Crippen molar-refractivity contribution in [2.75, 3.05) is 0 Å². The van der Waals surface area contributed by atoms with Gasteiger partial charge in [0.2, 0.25) is 0 Å². The summed E-state index contributed by atoms with van der Waals surface area (Å²) in [5.41, 5.74) is -0.474. The highest BCUT2D eigenvalue weighted by Gasteiger charge is 2.31. The second-order valence-electron chi connectivity index (χ2n) is 2.25. The molecule has 0 N–H and O–H groups in total. The molecule has 3 heteroatoms. The van der Waals surface area contributed by atoms with Gasteiger partial charge >= 0.3 is 5.97 Å². The third-order valence-electron chi connectivity index (χ3n) is 1.19. The van der Waals surface area contributed by atoms with E-state index in [1.807, 2.05) is 0 Å². The molecule has 0 saturated heterocycles. The molecule has 1 saturated carbocycles. The number of rotatable bonds is 2. The number of alkyl halides is 1. The van der Waals surface area contributed by atoms with Crippen LogP contribution in [0, 0.1) is 5.92 Å². The molecule has 1 rings (SSSR count). The number of ether oxygens (including phenoxy) is 1. The van der Waals surface area contributed by atoms with E-state index in [0.717, 1.165) is 12.8 Å². The second-order valence-corrected chi connectivity index (χ2v) is 2.87. The largest absolute Gasteiger partial charge is 0.446 e. The Bertz CT molecular complexity index is 118. The number of halogens is 1. The van der Waals surface area contributed by atoms with Crippen molar-refractivity contribution in [3.8, 4) is 0 Å². The van der Waals surface area contributed by atoms with E-state index in [9.17, 15) is 4.79 Å². The van der Waals surface area contributed by atoms with Crippen molar-refractivity contribution in [3.05, 3.63) is 0 Å². The van der Waals surface area contributed by atoms with E-state index in [-0.39, 0.29) is 11.9 Å². The summed E-state index contributed by atoms with van der Waals surface area (Å²) in [6, 6.07) is 0. The Hall–Kier alpha value is -0.240. The molecule has 0 aliphatic heterocycles. The van der Waals surface area contributed by atoms with Crippen LogP contribution in [0.25, 0.3) is 0 Å². The predicted octanol–water partition coefficient (Wildman–Crippen LogP) is 1.52. The Balaban J connectivity index is 2.18. The van der Waals surface area contributed by atoms with E-state index in [1.165, 1.54) is 0 Å². The Morgan fingerprint density at radius 2 is 2.33 bits per heavy atom. The molecule has 0 spiro atoms. The fourth-order valence-corrected chi connectivity index (χ4v) is 0.663. The number of carbonyl (C=O) groups excluding carboxylic acids is 1. The first-order valence-electron chi connectivity index (χ1n) is 3.04. The molecule has 0 amide bonds. The summed E-state index contributed by atoms with van der Waals surface area (Å²) in [6.07, 6.45) is 1.95. The van der Waals surface area contributed by atoms with E-state index < -0.39 is 5.56 Å². The summed E-state index contributed by atoms with van der Waals surface area (Å²) < 4.78 is 4.70. The normalized spacial score (nSPS) is 21.1. The topological polar surface area (TPSA) is 26.3 Å². The summed E-state index contributed by atoms with van der Waals surface area (Å²) in [6.45, 7) is 1.64. The summed E-state index contributed by atoms with van der Waals surface area (Å²) in [5, 5.41) is 0. The highest BCUT2D eigenvalue weighted by molar-refractivity contribution is 6.20. The number of carbonyl (C=O) groups is 1. The van der Waals surface area contributed by atoms with Gasteiger partial charge in [-0.2, -0.15) is 0 Å². The lowest BCUT2D eigenvalue weighted by Gasteiger charge is -2.03. The zero-order chi connectivity index (χ0) is 6.85. The summed E-state index contributed by atoms with van der Waals surface area (Å²) in [7, 11) is 0. The first kappa shape index (κ1) is 6.87. The molecule has 0 aromatic carbocycles. The van der Waals surface area contributed by atoms with Gasteiger partial charge in [0, 0.05) is 0 Å². The summed E-state index contributed by atoms with van der Waals surface area (Å²) in [5.74, 6) is 0.0173. The molecule has 0 aromatic heterocycles. The first-order chi connectivity index (χ1) is 4.20. The highest BCUT2D eigenvalue weighted by atomic mass is 35.5. The van der Waals surface area contributed by atoms with Crippen molar-refractivity contribution in [2.24, 2.45) is 5.92 Å². The molecule has 0 heterocycles. The fourth-order valence-electron chi connectivity index (χ4n) is 0.575. The van der Waals surface area contributed by atoms with Gasteiger partial charge in [0.25, 0.3) is 0 Å². The van der Waals surface area contributed by atoms with Crippen LogP contribution < -0.4 is 0 Å². The molecular formula is C6H9ClO2. The van der Waals surface area contributed by atoms with Gasteiger partial charge in [0.1, 0.15) is 0 Å². The Morgan fingerprint density at radius 1 is 1.78 bits per heavy atom. The van der Waals surface area contributed by atoms with E-state index >= 15 is 0 Å². The lowest BCUT2D eigenvalue weighted by Crippen LogP contribution is -2.10. The van der Waals surface area contributed by atoms with Gasteiger partial charge in [-0.15, -0.1) is 0 Å². The first-order valence-corrected chi connectivity index (χ1v) is 3.48. The van der Waals surface area contributed by atoms with Crippen LogP contribution in [0.15, 0.2) is 0 Å². The molecule has 1 aliphatic rings. The Labute approximate surface area is 59.1 Å². The fraction of sp³-hybridized carbons (Fsp3) is 0.833. The van der Waals surface area contributed by atoms with Gasteiger partial charge in [-0.25, -0.2) is 0 Å². The maximum atomic E-state index is 10.7. The monoisotopic (exact) mass is 148 g/mol. The average molecular weight is 149 g/mol. The minimum Gasteiger partial charge on any atom is -0.446 e. The van der Waals surface area contributed by atoms with Crippen molar-refractivity contribution in [2.45, 2.75) is 25.3 Å². The molecule has 52 valence electrons. The van der Waals surface area contributed by atoms with Crippen molar-refractivity contribution >= 4 is 17.6 Å². The molecule has 1 unspecified atom stereocenters. The summed E-state index contributed by atoms with van der Waals surface area (Å²) >= 11 is 5.40. The SMILES string of the molecule is CC(Cl)OC(=O)C1CC1. The zero-order valence-corrected chi connectivity index (χ0v) is 6.02. The van der Waals surface area contributed by atoms with Crippen molar-refractivity contribution in [1.82, 2.24) is 0 Å². The van der Waals surface area contributed by atoms with Crippen molar-refractivity contribution < 1.29 is 9.53 Å². The van der Waals surface area contributed by atoms with Crippen LogP contribution in [0.5, 0.6) is 0 Å². The highest BCUT2D eigenvalue weighted by Crippen LogP contribution is 2.30. The minimum absolute atomic E-state index is 0.141. The second kappa shape index (κ2) is 2.56. The van der Waals surface area contributed by atoms with E-state index in [1.54, 1.807) is 6.92 Å². The third kappa shape index (κ3) is 2.22. The van der Waals surface area contributed by atoms with Gasteiger partial charge in [-0.3, -0.25) is 4.79 Å². The molecule has 1 fully saturated rings.